The predicted octanol–water partition coefficient (Wildman–Crippen LogP) is 6.46. The van der Waals surface area contributed by atoms with Gasteiger partial charge in [-0.15, -0.1) is 0 Å². The molecule has 38 heavy (non-hydrogen) atoms. The van der Waals surface area contributed by atoms with E-state index in [4.69, 9.17) is 37.1 Å². The van der Waals surface area contributed by atoms with Gasteiger partial charge in [0.25, 0.3) is 5.56 Å². The zero-order chi connectivity index (χ0) is 26.6. The molecule has 0 spiro atoms. The van der Waals surface area contributed by atoms with Crippen molar-refractivity contribution in [3.8, 4) is 23.1 Å². The van der Waals surface area contributed by atoms with Gasteiger partial charge in [0.1, 0.15) is 0 Å². The molecule has 5 rings (SSSR count). The smallest absolute Gasteiger partial charge is 0.345 e. The minimum Gasteiger partial charge on any atom is -0.490 e. The SMILES string of the molecule is CCOc1cc(C=Nn2c(-c3ccco3)nc3ccccc3c2=O)ccc1OC(=O)c1ccc(Cl)cc1Cl. The highest BCUT2D eigenvalue weighted by atomic mass is 35.5. The highest BCUT2D eigenvalue weighted by molar-refractivity contribution is 6.36. The van der Waals surface area contributed by atoms with Crippen LogP contribution in [0.3, 0.4) is 0 Å². The van der Waals surface area contributed by atoms with Crippen LogP contribution in [0.1, 0.15) is 22.8 Å². The molecule has 0 saturated heterocycles. The second kappa shape index (κ2) is 10.9. The summed E-state index contributed by atoms with van der Waals surface area (Å²) in [6.07, 6.45) is 2.98. The van der Waals surface area contributed by atoms with Gasteiger partial charge < -0.3 is 13.9 Å². The first-order valence-corrected chi connectivity index (χ1v) is 12.2. The highest BCUT2D eigenvalue weighted by Gasteiger charge is 2.17. The number of nitrogens with zero attached hydrogens (tertiary/aromatic N) is 3. The van der Waals surface area contributed by atoms with Crippen LogP contribution < -0.4 is 15.0 Å². The Labute approximate surface area is 226 Å². The van der Waals surface area contributed by atoms with E-state index in [1.54, 1.807) is 67.6 Å². The van der Waals surface area contributed by atoms with E-state index in [9.17, 15) is 9.59 Å². The highest BCUT2D eigenvalue weighted by Crippen LogP contribution is 2.30. The second-order valence-electron chi connectivity index (χ2n) is 7.94. The first-order chi connectivity index (χ1) is 18.4. The van der Waals surface area contributed by atoms with Crippen molar-refractivity contribution in [1.29, 1.82) is 0 Å². The molecular weight excluding hydrogens is 529 g/mol. The van der Waals surface area contributed by atoms with Crippen molar-refractivity contribution < 1.29 is 18.7 Å². The van der Waals surface area contributed by atoms with Gasteiger partial charge in [0, 0.05) is 5.02 Å². The molecule has 10 heteroatoms. The van der Waals surface area contributed by atoms with Crippen molar-refractivity contribution in [1.82, 2.24) is 9.66 Å². The van der Waals surface area contributed by atoms with E-state index in [1.807, 2.05) is 0 Å². The molecule has 0 N–H and O–H groups in total. The largest absolute Gasteiger partial charge is 0.490 e. The van der Waals surface area contributed by atoms with Gasteiger partial charge >= 0.3 is 5.97 Å². The summed E-state index contributed by atoms with van der Waals surface area (Å²) in [5.41, 5.74) is 0.927. The number of esters is 1. The number of hydrogen-bond donors (Lipinski definition) is 0. The number of rotatable bonds is 7. The molecule has 190 valence electrons. The zero-order valence-corrected chi connectivity index (χ0v) is 21.4. The lowest BCUT2D eigenvalue weighted by atomic mass is 10.2. The summed E-state index contributed by atoms with van der Waals surface area (Å²) < 4.78 is 17.9. The Morgan fingerprint density at radius 1 is 1.05 bits per heavy atom. The van der Waals surface area contributed by atoms with Crippen LogP contribution in [0.2, 0.25) is 10.0 Å². The molecule has 0 saturated carbocycles. The maximum Gasteiger partial charge on any atom is 0.345 e. The Morgan fingerprint density at radius 2 is 1.89 bits per heavy atom. The van der Waals surface area contributed by atoms with E-state index in [0.717, 1.165) is 0 Å². The molecular formula is C28H19Cl2N3O5. The van der Waals surface area contributed by atoms with Crippen molar-refractivity contribution in [3.05, 3.63) is 111 Å². The Morgan fingerprint density at radius 3 is 2.66 bits per heavy atom. The molecule has 0 radical (unpaired) electrons. The molecule has 0 aliphatic carbocycles. The summed E-state index contributed by atoms with van der Waals surface area (Å²) in [5.74, 6) is 0.491. The van der Waals surface area contributed by atoms with Crippen molar-refractivity contribution >= 4 is 46.3 Å². The third-order valence-electron chi connectivity index (χ3n) is 5.44. The Hall–Kier alpha value is -4.40. The van der Waals surface area contributed by atoms with Crippen LogP contribution in [0.25, 0.3) is 22.5 Å². The van der Waals surface area contributed by atoms with E-state index >= 15 is 0 Å². The molecule has 0 bridgehead atoms. The molecule has 0 amide bonds. The van der Waals surface area contributed by atoms with E-state index in [0.29, 0.717) is 39.6 Å². The van der Waals surface area contributed by atoms with Crippen LogP contribution >= 0.6 is 23.2 Å². The Bertz CT molecular complexity index is 1730. The quantitative estimate of drug-likeness (QED) is 0.132. The number of benzene rings is 3. The van der Waals surface area contributed by atoms with Crippen LogP contribution in [-0.4, -0.2) is 28.5 Å². The monoisotopic (exact) mass is 547 g/mol. The molecule has 0 aliphatic rings. The second-order valence-corrected chi connectivity index (χ2v) is 8.79. The van der Waals surface area contributed by atoms with E-state index in [-0.39, 0.29) is 27.7 Å². The molecule has 0 fully saturated rings. The van der Waals surface area contributed by atoms with E-state index < -0.39 is 5.97 Å². The van der Waals surface area contributed by atoms with Crippen molar-refractivity contribution in [2.45, 2.75) is 6.92 Å². The fraction of sp³-hybridized carbons (Fsp3) is 0.0714. The molecule has 0 aliphatic heterocycles. The molecule has 0 unspecified atom stereocenters. The van der Waals surface area contributed by atoms with Gasteiger partial charge in [-0.05, 0) is 73.2 Å². The van der Waals surface area contributed by atoms with Crippen LogP contribution in [0, 0.1) is 0 Å². The fourth-order valence-corrected chi connectivity index (χ4v) is 4.17. The van der Waals surface area contributed by atoms with Gasteiger partial charge in [0.15, 0.2) is 17.3 Å². The van der Waals surface area contributed by atoms with Gasteiger partial charge in [-0.1, -0.05) is 35.3 Å². The fourth-order valence-electron chi connectivity index (χ4n) is 3.69. The molecule has 5 aromatic rings. The predicted molar refractivity (Wildman–Crippen MR) is 146 cm³/mol. The number of aromatic nitrogens is 2. The number of para-hydroxylation sites is 1. The lowest BCUT2D eigenvalue weighted by Crippen LogP contribution is -2.20. The van der Waals surface area contributed by atoms with Crippen molar-refractivity contribution in [2.24, 2.45) is 5.10 Å². The maximum absolute atomic E-state index is 13.3. The molecule has 2 heterocycles. The number of ether oxygens (including phenoxy) is 2. The van der Waals surface area contributed by atoms with Gasteiger partial charge in [-0.3, -0.25) is 4.79 Å². The molecule has 3 aromatic carbocycles. The van der Waals surface area contributed by atoms with Gasteiger partial charge in [0.05, 0.1) is 40.6 Å². The van der Waals surface area contributed by atoms with Gasteiger partial charge in [0.2, 0.25) is 5.82 Å². The standard InChI is InChI=1S/C28H19Cl2N3O5/c1-2-36-25-14-17(9-12-23(25)38-28(35)19-11-10-18(29)15-21(19)30)16-31-33-26(24-8-5-13-37-24)32-22-7-4-3-6-20(22)27(33)34/h3-16H,2H2,1H3. The first kappa shape index (κ1) is 25.3. The van der Waals surface area contributed by atoms with E-state index in [2.05, 4.69) is 10.1 Å². The first-order valence-electron chi connectivity index (χ1n) is 11.5. The van der Waals surface area contributed by atoms with E-state index in [1.165, 1.54) is 29.3 Å². The third-order valence-corrected chi connectivity index (χ3v) is 5.99. The summed E-state index contributed by atoms with van der Waals surface area (Å²) in [4.78, 5) is 30.5. The summed E-state index contributed by atoms with van der Waals surface area (Å²) in [5, 5.41) is 5.40. The third kappa shape index (κ3) is 5.18. The van der Waals surface area contributed by atoms with Crippen molar-refractivity contribution in [2.75, 3.05) is 6.61 Å². The Kier molecular flexibility index (Phi) is 7.26. The summed E-state index contributed by atoms with van der Waals surface area (Å²) >= 11 is 12.1. The average molecular weight is 548 g/mol. The van der Waals surface area contributed by atoms with Crippen LogP contribution in [0.15, 0.2) is 93.4 Å². The van der Waals surface area contributed by atoms with Gasteiger partial charge in [-0.25, -0.2) is 9.78 Å². The average Bonchev–Trinajstić information content (AvgIpc) is 3.44. The zero-order valence-electron chi connectivity index (χ0n) is 19.9. The summed E-state index contributed by atoms with van der Waals surface area (Å²) in [6.45, 7) is 2.13. The lowest BCUT2D eigenvalue weighted by Gasteiger charge is -2.12. The number of carbonyl (C=O) groups excluding carboxylic acids is 1. The Balaban J connectivity index is 1.50. The maximum atomic E-state index is 13.3. The number of fused-ring (bicyclic) bond motifs is 1. The molecule has 2 aromatic heterocycles. The van der Waals surface area contributed by atoms with Crippen LogP contribution in [-0.2, 0) is 0 Å². The van der Waals surface area contributed by atoms with Crippen LogP contribution in [0.4, 0.5) is 0 Å². The normalized spacial score (nSPS) is 11.2. The number of halogens is 2. The minimum atomic E-state index is -0.661. The number of carbonyl (C=O) groups is 1. The molecule has 8 nitrogen and oxygen atoms in total. The van der Waals surface area contributed by atoms with Crippen molar-refractivity contribution in [3.63, 3.8) is 0 Å². The summed E-state index contributed by atoms with van der Waals surface area (Å²) in [6, 6.07) is 19.8. The summed E-state index contributed by atoms with van der Waals surface area (Å²) in [7, 11) is 0. The minimum absolute atomic E-state index is 0.165. The van der Waals surface area contributed by atoms with Gasteiger partial charge in [-0.2, -0.15) is 9.78 Å². The topological polar surface area (TPSA) is 95.9 Å². The lowest BCUT2D eigenvalue weighted by molar-refractivity contribution is 0.0728. The molecule has 0 atom stereocenters. The van der Waals surface area contributed by atoms with Crippen LogP contribution in [0.5, 0.6) is 11.5 Å². The number of furan rings is 1. The number of hydrogen-bond acceptors (Lipinski definition) is 7.